The number of rotatable bonds is 6. The van der Waals surface area contributed by atoms with Gasteiger partial charge in [0.1, 0.15) is 5.01 Å². The molecule has 0 bridgehead atoms. The molecule has 0 aliphatic heterocycles. The summed E-state index contributed by atoms with van der Waals surface area (Å²) >= 11 is 1.61. The van der Waals surface area contributed by atoms with Crippen molar-refractivity contribution in [3.8, 4) is 10.6 Å². The van der Waals surface area contributed by atoms with Gasteiger partial charge in [0.05, 0.1) is 0 Å². The Hall–Kier alpha value is -1.68. The summed E-state index contributed by atoms with van der Waals surface area (Å²) in [7, 11) is 0. The Morgan fingerprint density at radius 1 is 1.25 bits per heavy atom. The molecule has 0 fully saturated rings. The second-order valence-electron chi connectivity index (χ2n) is 4.92. The Bertz CT molecular complexity index is 579. The highest BCUT2D eigenvalue weighted by Crippen LogP contribution is 2.29. The zero-order valence-electron chi connectivity index (χ0n) is 12.4. The van der Waals surface area contributed by atoms with Crippen LogP contribution in [0.3, 0.4) is 0 Å². The molecule has 0 saturated carbocycles. The number of anilines is 1. The van der Waals surface area contributed by atoms with Crippen molar-refractivity contribution in [3.05, 3.63) is 35.4 Å². The predicted octanol–water partition coefficient (Wildman–Crippen LogP) is 4.68. The molecule has 0 unspecified atom stereocenters. The van der Waals surface area contributed by atoms with Gasteiger partial charge in [-0.05, 0) is 49.1 Å². The van der Waals surface area contributed by atoms with E-state index in [9.17, 15) is 0 Å². The maximum atomic E-state index is 4.28. The highest BCUT2D eigenvalue weighted by molar-refractivity contribution is 7.18. The number of nitrogens with one attached hydrogen (secondary N) is 1. The van der Waals surface area contributed by atoms with Crippen LogP contribution in [0.1, 0.15) is 36.5 Å². The maximum Gasteiger partial charge on any atom is 0.206 e. The molecule has 1 N–H and O–H groups in total. The first-order chi connectivity index (χ1) is 9.65. The molecule has 20 heavy (non-hydrogen) atoms. The fourth-order valence-electron chi connectivity index (χ4n) is 2.20. The van der Waals surface area contributed by atoms with E-state index in [2.05, 4.69) is 55.0 Å². The van der Waals surface area contributed by atoms with Crippen LogP contribution in [0.25, 0.3) is 16.6 Å². The number of aromatic nitrogens is 2. The molecule has 0 aliphatic carbocycles. The van der Waals surface area contributed by atoms with E-state index in [0.29, 0.717) is 0 Å². The summed E-state index contributed by atoms with van der Waals surface area (Å²) in [5.41, 5.74) is 4.79. The standard InChI is InChI=1S/C16H21N3S/c1-5-7-8-17-16-19-18-15(20-16)13-9-11(3)14(6-2)12(4)10-13/h6,9-10H,2,5,7-8H2,1,3-4H3,(H,17,19). The van der Waals surface area contributed by atoms with E-state index >= 15 is 0 Å². The van der Waals surface area contributed by atoms with Crippen LogP contribution in [0.4, 0.5) is 5.13 Å². The lowest BCUT2D eigenvalue weighted by Gasteiger charge is -2.07. The zero-order valence-corrected chi connectivity index (χ0v) is 13.2. The second kappa shape index (κ2) is 6.66. The van der Waals surface area contributed by atoms with Gasteiger partial charge in [-0.15, -0.1) is 10.2 Å². The van der Waals surface area contributed by atoms with Gasteiger partial charge in [-0.25, -0.2) is 0 Å². The minimum atomic E-state index is 0.900. The molecule has 0 radical (unpaired) electrons. The third kappa shape index (κ3) is 3.25. The van der Waals surface area contributed by atoms with Crippen LogP contribution < -0.4 is 5.32 Å². The van der Waals surface area contributed by atoms with E-state index in [4.69, 9.17) is 0 Å². The van der Waals surface area contributed by atoms with Crippen molar-refractivity contribution in [2.45, 2.75) is 33.6 Å². The molecule has 106 valence electrons. The average molecular weight is 287 g/mol. The average Bonchev–Trinajstić information content (AvgIpc) is 2.87. The molecule has 0 atom stereocenters. The van der Waals surface area contributed by atoms with Crippen LogP contribution in [0.2, 0.25) is 0 Å². The van der Waals surface area contributed by atoms with Crippen molar-refractivity contribution >= 4 is 22.5 Å². The number of hydrogen-bond donors (Lipinski definition) is 1. The molecular formula is C16H21N3S. The van der Waals surface area contributed by atoms with Crippen LogP contribution in [0.5, 0.6) is 0 Å². The van der Waals surface area contributed by atoms with E-state index < -0.39 is 0 Å². The quantitative estimate of drug-likeness (QED) is 0.784. The lowest BCUT2D eigenvalue weighted by molar-refractivity contribution is 0.831. The van der Waals surface area contributed by atoms with Crippen LogP contribution >= 0.6 is 11.3 Å². The van der Waals surface area contributed by atoms with Crippen molar-refractivity contribution in [1.82, 2.24) is 10.2 Å². The normalized spacial score (nSPS) is 10.6. The molecule has 0 saturated heterocycles. The van der Waals surface area contributed by atoms with E-state index in [1.54, 1.807) is 11.3 Å². The lowest BCUT2D eigenvalue weighted by atomic mass is 10.00. The van der Waals surface area contributed by atoms with Gasteiger partial charge < -0.3 is 5.32 Å². The van der Waals surface area contributed by atoms with Crippen molar-refractivity contribution in [3.63, 3.8) is 0 Å². The molecule has 1 aromatic carbocycles. The van der Waals surface area contributed by atoms with Gasteiger partial charge in [-0.2, -0.15) is 0 Å². The van der Waals surface area contributed by atoms with Crippen molar-refractivity contribution in [2.24, 2.45) is 0 Å². The fraction of sp³-hybridized carbons (Fsp3) is 0.375. The first-order valence-electron chi connectivity index (χ1n) is 6.97. The Kier molecular flexibility index (Phi) is 4.90. The number of aryl methyl sites for hydroxylation is 2. The minimum Gasteiger partial charge on any atom is -0.360 e. The molecule has 3 nitrogen and oxygen atoms in total. The first-order valence-corrected chi connectivity index (χ1v) is 7.78. The zero-order chi connectivity index (χ0) is 14.5. The second-order valence-corrected chi connectivity index (χ2v) is 5.90. The van der Waals surface area contributed by atoms with Gasteiger partial charge in [0, 0.05) is 12.1 Å². The number of hydrogen-bond acceptors (Lipinski definition) is 4. The number of benzene rings is 1. The van der Waals surface area contributed by atoms with E-state index in [-0.39, 0.29) is 0 Å². The summed E-state index contributed by atoms with van der Waals surface area (Å²) in [6.45, 7) is 11.2. The molecule has 1 aromatic heterocycles. The highest BCUT2D eigenvalue weighted by atomic mass is 32.1. The molecule has 0 aliphatic rings. The summed E-state index contributed by atoms with van der Waals surface area (Å²) in [6, 6.07) is 4.31. The Morgan fingerprint density at radius 3 is 2.55 bits per heavy atom. The van der Waals surface area contributed by atoms with E-state index in [1.807, 2.05) is 6.08 Å². The molecule has 2 aromatic rings. The van der Waals surface area contributed by atoms with Crippen molar-refractivity contribution in [2.75, 3.05) is 11.9 Å². The number of unbranched alkanes of at least 4 members (excludes halogenated alkanes) is 1. The smallest absolute Gasteiger partial charge is 0.206 e. The summed E-state index contributed by atoms with van der Waals surface area (Å²) < 4.78 is 0. The number of nitrogens with zero attached hydrogens (tertiary/aromatic N) is 2. The monoisotopic (exact) mass is 287 g/mol. The third-order valence-electron chi connectivity index (χ3n) is 3.28. The minimum absolute atomic E-state index is 0.900. The van der Waals surface area contributed by atoms with Crippen LogP contribution in [-0.2, 0) is 0 Å². The molecule has 2 rings (SSSR count). The Labute approximate surface area is 124 Å². The Balaban J connectivity index is 2.22. The van der Waals surface area contributed by atoms with Crippen LogP contribution in [0.15, 0.2) is 18.7 Å². The molecule has 1 heterocycles. The van der Waals surface area contributed by atoms with E-state index in [1.165, 1.54) is 23.1 Å². The molecule has 0 amide bonds. The first kappa shape index (κ1) is 14.7. The van der Waals surface area contributed by atoms with Gasteiger partial charge >= 0.3 is 0 Å². The molecular weight excluding hydrogens is 266 g/mol. The highest BCUT2D eigenvalue weighted by Gasteiger charge is 2.09. The third-order valence-corrected chi connectivity index (χ3v) is 4.21. The maximum absolute atomic E-state index is 4.28. The fourth-order valence-corrected chi connectivity index (χ4v) is 2.96. The van der Waals surface area contributed by atoms with E-state index in [0.717, 1.165) is 28.7 Å². The van der Waals surface area contributed by atoms with Crippen molar-refractivity contribution < 1.29 is 0 Å². The summed E-state index contributed by atoms with van der Waals surface area (Å²) in [5, 5.41) is 13.7. The van der Waals surface area contributed by atoms with Crippen LogP contribution in [0, 0.1) is 13.8 Å². The SMILES string of the molecule is C=Cc1c(C)cc(-c2nnc(NCCCC)s2)cc1C. The van der Waals surface area contributed by atoms with Crippen molar-refractivity contribution in [1.29, 1.82) is 0 Å². The van der Waals surface area contributed by atoms with Gasteiger partial charge in [0.2, 0.25) is 5.13 Å². The predicted molar refractivity (Wildman–Crippen MR) is 88.3 cm³/mol. The van der Waals surface area contributed by atoms with Gasteiger partial charge in [-0.3, -0.25) is 0 Å². The van der Waals surface area contributed by atoms with Gasteiger partial charge in [0.25, 0.3) is 0 Å². The lowest BCUT2D eigenvalue weighted by Crippen LogP contribution is -1.99. The summed E-state index contributed by atoms with van der Waals surface area (Å²) in [4.78, 5) is 0. The van der Waals surface area contributed by atoms with Crippen LogP contribution in [-0.4, -0.2) is 16.7 Å². The topological polar surface area (TPSA) is 37.8 Å². The van der Waals surface area contributed by atoms with Gasteiger partial charge in [-0.1, -0.05) is 37.3 Å². The Morgan fingerprint density at radius 2 is 1.95 bits per heavy atom. The molecule has 4 heteroatoms. The largest absolute Gasteiger partial charge is 0.360 e. The molecule has 0 spiro atoms. The van der Waals surface area contributed by atoms with Gasteiger partial charge in [0.15, 0.2) is 0 Å². The summed E-state index contributed by atoms with van der Waals surface area (Å²) in [5.74, 6) is 0. The summed E-state index contributed by atoms with van der Waals surface area (Å²) in [6.07, 6.45) is 4.24.